The molecule has 0 heterocycles. The van der Waals surface area contributed by atoms with Gasteiger partial charge in [-0.3, -0.25) is 9.59 Å². The first-order valence-electron chi connectivity index (χ1n) is 5.06. The summed E-state index contributed by atoms with van der Waals surface area (Å²) in [4.78, 5) is 21.9. The molecule has 0 saturated carbocycles. The third-order valence-corrected chi connectivity index (χ3v) is 1.90. The second-order valence-corrected chi connectivity index (χ2v) is 3.56. The van der Waals surface area contributed by atoms with Gasteiger partial charge < -0.3 is 21.5 Å². The molecule has 92 valence electrons. The third-order valence-electron chi connectivity index (χ3n) is 1.90. The van der Waals surface area contributed by atoms with Crippen molar-refractivity contribution in [2.24, 2.45) is 11.5 Å². The lowest BCUT2D eigenvalue weighted by atomic mass is 10.2. The number of carbonyl (C=O) groups excluding carboxylic acids is 2. The average molecular weight is 237 g/mol. The Bertz CT molecular complexity index is 418. The highest BCUT2D eigenvalue weighted by Crippen LogP contribution is 2.17. The van der Waals surface area contributed by atoms with E-state index in [1.165, 1.54) is 0 Å². The fourth-order valence-electron chi connectivity index (χ4n) is 1.07. The van der Waals surface area contributed by atoms with E-state index in [-0.39, 0.29) is 12.5 Å². The summed E-state index contributed by atoms with van der Waals surface area (Å²) in [6.45, 7) is 1.38. The summed E-state index contributed by atoms with van der Waals surface area (Å²) in [7, 11) is 0. The van der Waals surface area contributed by atoms with Gasteiger partial charge in [-0.15, -0.1) is 0 Å². The van der Waals surface area contributed by atoms with Gasteiger partial charge in [-0.1, -0.05) is 6.07 Å². The Morgan fingerprint density at radius 3 is 2.76 bits per heavy atom. The van der Waals surface area contributed by atoms with Gasteiger partial charge in [-0.25, -0.2) is 0 Å². The predicted molar refractivity (Wildman–Crippen MR) is 63.4 cm³/mol. The van der Waals surface area contributed by atoms with Crippen molar-refractivity contribution in [2.45, 2.75) is 13.0 Å². The number of rotatable bonds is 5. The number of nitrogens with two attached hydrogens (primary N) is 2. The number of anilines is 1. The van der Waals surface area contributed by atoms with Crippen LogP contribution in [0.5, 0.6) is 5.75 Å². The Labute approximate surface area is 98.9 Å². The normalized spacial score (nSPS) is 11.6. The topological polar surface area (TPSA) is 107 Å². The van der Waals surface area contributed by atoms with Crippen LogP contribution in [0.4, 0.5) is 5.69 Å². The molecule has 0 aliphatic heterocycles. The summed E-state index contributed by atoms with van der Waals surface area (Å²) in [5.41, 5.74) is 10.9. The van der Waals surface area contributed by atoms with E-state index in [1.807, 2.05) is 0 Å². The summed E-state index contributed by atoms with van der Waals surface area (Å²) in [6.07, 6.45) is 0. The summed E-state index contributed by atoms with van der Waals surface area (Å²) in [6, 6.07) is 6.03. The van der Waals surface area contributed by atoms with Gasteiger partial charge in [0.05, 0.1) is 6.04 Å². The van der Waals surface area contributed by atoms with Crippen LogP contribution >= 0.6 is 0 Å². The molecular formula is C11H15N3O3. The van der Waals surface area contributed by atoms with E-state index in [0.29, 0.717) is 11.4 Å². The second-order valence-electron chi connectivity index (χ2n) is 3.56. The van der Waals surface area contributed by atoms with Crippen molar-refractivity contribution in [3.8, 4) is 5.75 Å². The van der Waals surface area contributed by atoms with Gasteiger partial charge in [0, 0.05) is 11.8 Å². The summed E-state index contributed by atoms with van der Waals surface area (Å²) in [5.74, 6) is -0.404. The highest BCUT2D eigenvalue weighted by molar-refractivity contribution is 5.94. The molecule has 1 atom stereocenters. The smallest absolute Gasteiger partial charge is 0.255 e. The van der Waals surface area contributed by atoms with Gasteiger partial charge in [-0.05, 0) is 19.1 Å². The minimum Gasteiger partial charge on any atom is -0.484 e. The SMILES string of the molecule is C[C@@H](N)C(=O)Nc1cccc(OCC(N)=O)c1. The zero-order chi connectivity index (χ0) is 12.8. The first kappa shape index (κ1) is 13.0. The van der Waals surface area contributed by atoms with Crippen LogP contribution in [0, 0.1) is 0 Å². The van der Waals surface area contributed by atoms with Crippen molar-refractivity contribution in [1.29, 1.82) is 0 Å². The van der Waals surface area contributed by atoms with Crippen LogP contribution in [-0.2, 0) is 9.59 Å². The number of amides is 2. The maximum absolute atomic E-state index is 11.3. The van der Waals surface area contributed by atoms with Crippen molar-refractivity contribution in [3.63, 3.8) is 0 Å². The lowest BCUT2D eigenvalue weighted by Gasteiger charge is -2.09. The van der Waals surface area contributed by atoms with Crippen molar-refractivity contribution in [1.82, 2.24) is 0 Å². The van der Waals surface area contributed by atoms with E-state index in [9.17, 15) is 9.59 Å². The number of hydrogen-bond acceptors (Lipinski definition) is 4. The summed E-state index contributed by atoms with van der Waals surface area (Å²) < 4.78 is 5.09. The van der Waals surface area contributed by atoms with Crippen LogP contribution in [0.1, 0.15) is 6.92 Å². The molecule has 1 aromatic rings. The molecule has 17 heavy (non-hydrogen) atoms. The van der Waals surface area contributed by atoms with Crippen molar-refractivity contribution >= 4 is 17.5 Å². The van der Waals surface area contributed by atoms with E-state index < -0.39 is 11.9 Å². The highest BCUT2D eigenvalue weighted by Gasteiger charge is 2.07. The molecule has 2 amide bonds. The monoisotopic (exact) mass is 237 g/mol. The Morgan fingerprint density at radius 2 is 2.18 bits per heavy atom. The Morgan fingerprint density at radius 1 is 1.47 bits per heavy atom. The van der Waals surface area contributed by atoms with E-state index in [0.717, 1.165) is 0 Å². The number of ether oxygens (including phenoxy) is 1. The molecule has 0 radical (unpaired) electrons. The van der Waals surface area contributed by atoms with Crippen LogP contribution in [0.25, 0.3) is 0 Å². The van der Waals surface area contributed by atoms with Crippen LogP contribution in [-0.4, -0.2) is 24.5 Å². The zero-order valence-corrected chi connectivity index (χ0v) is 9.47. The van der Waals surface area contributed by atoms with Crippen LogP contribution in [0.2, 0.25) is 0 Å². The van der Waals surface area contributed by atoms with Crippen molar-refractivity contribution in [2.75, 3.05) is 11.9 Å². The number of carbonyl (C=O) groups is 2. The molecule has 1 aromatic carbocycles. The first-order chi connectivity index (χ1) is 7.99. The summed E-state index contributed by atoms with van der Waals surface area (Å²) in [5, 5.41) is 2.61. The molecule has 0 fully saturated rings. The number of nitrogens with one attached hydrogen (secondary N) is 1. The molecule has 6 nitrogen and oxygen atoms in total. The fourth-order valence-corrected chi connectivity index (χ4v) is 1.07. The average Bonchev–Trinajstić information content (AvgIpc) is 2.26. The standard InChI is InChI=1S/C11H15N3O3/c1-7(12)11(16)14-8-3-2-4-9(5-8)17-6-10(13)15/h2-5,7H,6,12H2,1H3,(H2,13,15)(H,14,16)/t7-/m1/s1. The van der Waals surface area contributed by atoms with Gasteiger partial charge in [0.25, 0.3) is 5.91 Å². The van der Waals surface area contributed by atoms with Crippen LogP contribution < -0.4 is 21.5 Å². The molecule has 0 bridgehead atoms. The van der Waals surface area contributed by atoms with Gasteiger partial charge in [0.2, 0.25) is 5.91 Å². The van der Waals surface area contributed by atoms with E-state index >= 15 is 0 Å². The van der Waals surface area contributed by atoms with E-state index in [4.69, 9.17) is 16.2 Å². The van der Waals surface area contributed by atoms with Gasteiger partial charge in [0.15, 0.2) is 6.61 Å². The first-order valence-corrected chi connectivity index (χ1v) is 5.06. The Kier molecular flexibility index (Phi) is 4.47. The second kappa shape index (κ2) is 5.86. The van der Waals surface area contributed by atoms with Crippen LogP contribution in [0.15, 0.2) is 24.3 Å². The fraction of sp³-hybridized carbons (Fsp3) is 0.273. The molecule has 6 heteroatoms. The largest absolute Gasteiger partial charge is 0.484 e. The minimum atomic E-state index is -0.592. The van der Waals surface area contributed by atoms with E-state index in [2.05, 4.69) is 5.32 Å². The molecule has 0 aliphatic rings. The highest BCUT2D eigenvalue weighted by atomic mass is 16.5. The van der Waals surface area contributed by atoms with Crippen molar-refractivity contribution < 1.29 is 14.3 Å². The minimum absolute atomic E-state index is 0.204. The predicted octanol–water partition coefficient (Wildman–Crippen LogP) is -0.164. The van der Waals surface area contributed by atoms with Gasteiger partial charge in [-0.2, -0.15) is 0 Å². The molecule has 0 spiro atoms. The quantitative estimate of drug-likeness (QED) is 0.661. The Balaban J connectivity index is 2.65. The van der Waals surface area contributed by atoms with Gasteiger partial charge >= 0.3 is 0 Å². The maximum atomic E-state index is 11.3. The van der Waals surface area contributed by atoms with Crippen LogP contribution in [0.3, 0.4) is 0 Å². The number of benzene rings is 1. The zero-order valence-electron chi connectivity index (χ0n) is 9.47. The molecule has 1 rings (SSSR count). The molecule has 5 N–H and O–H groups in total. The maximum Gasteiger partial charge on any atom is 0.255 e. The molecule has 0 aromatic heterocycles. The third kappa shape index (κ3) is 4.52. The Hall–Kier alpha value is -2.08. The molecule has 0 aliphatic carbocycles. The van der Waals surface area contributed by atoms with Crippen molar-refractivity contribution in [3.05, 3.63) is 24.3 Å². The number of primary amides is 1. The molecule has 0 saturated heterocycles. The number of hydrogen-bond donors (Lipinski definition) is 3. The molecular weight excluding hydrogens is 222 g/mol. The lowest BCUT2D eigenvalue weighted by Crippen LogP contribution is -2.32. The summed E-state index contributed by atoms with van der Waals surface area (Å²) >= 11 is 0. The van der Waals surface area contributed by atoms with Gasteiger partial charge in [0.1, 0.15) is 5.75 Å². The molecule has 0 unspecified atom stereocenters. The lowest BCUT2D eigenvalue weighted by molar-refractivity contribution is -0.120. The van der Waals surface area contributed by atoms with E-state index in [1.54, 1.807) is 31.2 Å².